The van der Waals surface area contributed by atoms with Gasteiger partial charge in [-0.2, -0.15) is 0 Å². The van der Waals surface area contributed by atoms with Gasteiger partial charge in [-0.1, -0.05) is 0 Å². The molecule has 0 aromatic heterocycles. The second-order valence-corrected chi connectivity index (χ2v) is 2.84. The van der Waals surface area contributed by atoms with Gasteiger partial charge in [-0.15, -0.1) is 12.4 Å². The Morgan fingerprint density at radius 2 is 2.36 bits per heavy atom. The van der Waals surface area contributed by atoms with Crippen molar-refractivity contribution in [2.24, 2.45) is 5.73 Å². The Kier molecular flexibility index (Phi) is 5.86. The summed E-state index contributed by atoms with van der Waals surface area (Å²) in [5.41, 5.74) is 5.71. The molecule has 0 aromatic rings. The van der Waals surface area contributed by atoms with Crippen molar-refractivity contribution in [3.63, 3.8) is 0 Å². The summed E-state index contributed by atoms with van der Waals surface area (Å²) < 4.78 is 4.96. The van der Waals surface area contributed by atoms with Crippen LogP contribution in [0.4, 0.5) is 0 Å². The van der Waals surface area contributed by atoms with E-state index in [1.165, 1.54) is 0 Å². The average Bonchev–Trinajstić information content (AvgIpc) is 2.31. The molecule has 0 spiro atoms. The van der Waals surface area contributed by atoms with Crippen LogP contribution >= 0.6 is 12.4 Å². The Hall–Kier alpha value is 0.170. The van der Waals surface area contributed by atoms with Crippen LogP contribution in [0, 0.1) is 0 Å². The molecular formula is C7H17ClN2O. The van der Waals surface area contributed by atoms with Crippen LogP contribution in [-0.2, 0) is 4.74 Å². The number of hydrogen-bond donors (Lipinski definition) is 1. The van der Waals surface area contributed by atoms with Crippen LogP contribution in [-0.4, -0.2) is 44.3 Å². The van der Waals surface area contributed by atoms with Crippen molar-refractivity contribution in [2.45, 2.75) is 12.5 Å². The van der Waals surface area contributed by atoms with Gasteiger partial charge in [0.15, 0.2) is 0 Å². The molecule has 1 unspecified atom stereocenters. The summed E-state index contributed by atoms with van der Waals surface area (Å²) in [5.74, 6) is 0. The van der Waals surface area contributed by atoms with E-state index in [-0.39, 0.29) is 12.4 Å². The Bertz CT molecular complexity index is 102. The van der Waals surface area contributed by atoms with E-state index in [1.807, 2.05) is 0 Å². The van der Waals surface area contributed by atoms with Gasteiger partial charge in [0, 0.05) is 26.2 Å². The van der Waals surface area contributed by atoms with Gasteiger partial charge < -0.3 is 10.5 Å². The smallest absolute Gasteiger partial charge is 0.0589 e. The summed E-state index contributed by atoms with van der Waals surface area (Å²) in [7, 11) is 1.73. The van der Waals surface area contributed by atoms with E-state index in [2.05, 4.69) is 4.90 Å². The monoisotopic (exact) mass is 180 g/mol. The minimum absolute atomic E-state index is 0. The maximum absolute atomic E-state index is 5.71. The zero-order valence-corrected chi connectivity index (χ0v) is 7.77. The number of hydrogen-bond acceptors (Lipinski definition) is 3. The van der Waals surface area contributed by atoms with E-state index in [0.717, 1.165) is 32.7 Å². The highest BCUT2D eigenvalue weighted by atomic mass is 35.5. The lowest BCUT2D eigenvalue weighted by atomic mass is 10.3. The van der Waals surface area contributed by atoms with Gasteiger partial charge in [-0.25, -0.2) is 0 Å². The molecule has 1 fully saturated rings. The van der Waals surface area contributed by atoms with Crippen molar-refractivity contribution in [3.05, 3.63) is 0 Å². The van der Waals surface area contributed by atoms with Crippen LogP contribution in [0.3, 0.4) is 0 Å². The maximum atomic E-state index is 5.71. The quantitative estimate of drug-likeness (QED) is 0.669. The van der Waals surface area contributed by atoms with Gasteiger partial charge >= 0.3 is 0 Å². The standard InChI is InChI=1S/C7H16N2O.ClH/c1-10-5-4-9-3-2-7(8)6-9;/h7H,2-6,8H2,1H3;1H. The zero-order valence-electron chi connectivity index (χ0n) is 6.95. The van der Waals surface area contributed by atoms with Gasteiger partial charge in [0.2, 0.25) is 0 Å². The lowest BCUT2D eigenvalue weighted by Gasteiger charge is -2.13. The second kappa shape index (κ2) is 5.77. The number of halogens is 1. The SMILES string of the molecule is COCCN1CCC(N)C1.Cl. The first-order valence-electron chi connectivity index (χ1n) is 3.80. The molecular weight excluding hydrogens is 164 g/mol. The van der Waals surface area contributed by atoms with Crippen LogP contribution < -0.4 is 5.73 Å². The third kappa shape index (κ3) is 3.91. The molecule has 0 amide bonds. The normalized spacial score (nSPS) is 25.1. The molecule has 0 saturated carbocycles. The Morgan fingerprint density at radius 1 is 1.64 bits per heavy atom. The molecule has 4 heteroatoms. The van der Waals surface area contributed by atoms with Gasteiger partial charge in [-0.05, 0) is 13.0 Å². The number of ether oxygens (including phenoxy) is 1. The first-order chi connectivity index (χ1) is 4.83. The molecule has 3 nitrogen and oxygen atoms in total. The largest absolute Gasteiger partial charge is 0.383 e. The van der Waals surface area contributed by atoms with E-state index in [4.69, 9.17) is 10.5 Å². The first kappa shape index (κ1) is 11.2. The third-order valence-corrected chi connectivity index (χ3v) is 1.92. The van der Waals surface area contributed by atoms with Gasteiger partial charge in [-0.3, -0.25) is 4.90 Å². The van der Waals surface area contributed by atoms with E-state index in [9.17, 15) is 0 Å². The summed E-state index contributed by atoms with van der Waals surface area (Å²) in [6.07, 6.45) is 1.14. The number of nitrogens with zero attached hydrogens (tertiary/aromatic N) is 1. The Balaban J connectivity index is 0.000001000. The van der Waals surface area contributed by atoms with E-state index >= 15 is 0 Å². The summed E-state index contributed by atoms with van der Waals surface area (Å²) in [5, 5.41) is 0. The lowest BCUT2D eigenvalue weighted by molar-refractivity contribution is 0.160. The predicted octanol–water partition coefficient (Wildman–Crippen LogP) is 0.0876. The molecule has 1 atom stereocenters. The number of nitrogens with two attached hydrogens (primary N) is 1. The highest BCUT2D eigenvalue weighted by Crippen LogP contribution is 2.05. The molecule has 1 heterocycles. The number of methoxy groups -OCH3 is 1. The zero-order chi connectivity index (χ0) is 7.40. The molecule has 1 aliphatic rings. The molecule has 0 aromatic carbocycles. The fourth-order valence-electron chi connectivity index (χ4n) is 1.29. The van der Waals surface area contributed by atoms with Crippen molar-refractivity contribution in [3.8, 4) is 0 Å². The highest BCUT2D eigenvalue weighted by Gasteiger charge is 2.17. The van der Waals surface area contributed by atoms with Crippen molar-refractivity contribution in [2.75, 3.05) is 33.4 Å². The molecule has 1 rings (SSSR count). The van der Waals surface area contributed by atoms with Crippen molar-refractivity contribution in [1.82, 2.24) is 4.90 Å². The summed E-state index contributed by atoms with van der Waals surface area (Å²) in [4.78, 5) is 2.34. The summed E-state index contributed by atoms with van der Waals surface area (Å²) in [6.45, 7) is 4.05. The van der Waals surface area contributed by atoms with Crippen LogP contribution in [0.2, 0.25) is 0 Å². The molecule has 0 radical (unpaired) electrons. The molecule has 2 N–H and O–H groups in total. The minimum atomic E-state index is 0. The summed E-state index contributed by atoms with van der Waals surface area (Å²) in [6, 6.07) is 0.400. The van der Waals surface area contributed by atoms with E-state index < -0.39 is 0 Å². The molecule has 0 aliphatic carbocycles. The predicted molar refractivity (Wildman–Crippen MR) is 48.2 cm³/mol. The van der Waals surface area contributed by atoms with Crippen LogP contribution in [0.25, 0.3) is 0 Å². The van der Waals surface area contributed by atoms with E-state index in [1.54, 1.807) is 7.11 Å². The molecule has 68 valence electrons. The lowest BCUT2D eigenvalue weighted by Crippen LogP contribution is -2.28. The number of likely N-dealkylation sites (tertiary alicyclic amines) is 1. The van der Waals surface area contributed by atoms with E-state index in [0.29, 0.717) is 6.04 Å². The van der Waals surface area contributed by atoms with Gasteiger partial charge in [0.25, 0.3) is 0 Å². The van der Waals surface area contributed by atoms with Gasteiger partial charge in [0.1, 0.15) is 0 Å². The highest BCUT2D eigenvalue weighted by molar-refractivity contribution is 5.85. The van der Waals surface area contributed by atoms with Crippen molar-refractivity contribution < 1.29 is 4.74 Å². The second-order valence-electron chi connectivity index (χ2n) is 2.84. The van der Waals surface area contributed by atoms with Crippen LogP contribution in [0.1, 0.15) is 6.42 Å². The van der Waals surface area contributed by atoms with Crippen molar-refractivity contribution in [1.29, 1.82) is 0 Å². The Labute approximate surface area is 74.3 Å². The van der Waals surface area contributed by atoms with Crippen LogP contribution in [0.5, 0.6) is 0 Å². The molecule has 11 heavy (non-hydrogen) atoms. The fourth-order valence-corrected chi connectivity index (χ4v) is 1.29. The van der Waals surface area contributed by atoms with Gasteiger partial charge in [0.05, 0.1) is 6.61 Å². The fraction of sp³-hybridized carbons (Fsp3) is 1.00. The first-order valence-corrected chi connectivity index (χ1v) is 3.80. The average molecular weight is 181 g/mol. The van der Waals surface area contributed by atoms with Crippen LogP contribution in [0.15, 0.2) is 0 Å². The molecule has 1 aliphatic heterocycles. The third-order valence-electron chi connectivity index (χ3n) is 1.92. The summed E-state index contributed by atoms with van der Waals surface area (Å²) >= 11 is 0. The topological polar surface area (TPSA) is 38.5 Å². The molecule has 1 saturated heterocycles. The Morgan fingerprint density at radius 3 is 2.82 bits per heavy atom. The number of rotatable bonds is 3. The van der Waals surface area contributed by atoms with Crippen molar-refractivity contribution >= 4 is 12.4 Å². The molecule has 0 bridgehead atoms. The minimum Gasteiger partial charge on any atom is -0.383 e. The maximum Gasteiger partial charge on any atom is 0.0589 e.